The van der Waals surface area contributed by atoms with Crippen LogP contribution in [0.1, 0.15) is 51.0 Å². The second-order valence-electron chi connectivity index (χ2n) is 7.90. The molecule has 2 aromatic carbocycles. The Labute approximate surface area is 170 Å². The van der Waals surface area contributed by atoms with Crippen molar-refractivity contribution < 1.29 is 9.53 Å². The summed E-state index contributed by atoms with van der Waals surface area (Å²) < 4.78 is 6.73. The summed E-state index contributed by atoms with van der Waals surface area (Å²) in [5, 5.41) is 0. The minimum Gasteiger partial charge on any atom is -0.465 e. The molecule has 29 heavy (non-hydrogen) atoms. The summed E-state index contributed by atoms with van der Waals surface area (Å²) in [5.41, 5.74) is 7.08. The molecule has 3 aromatic rings. The molecule has 4 rings (SSSR count). The highest BCUT2D eigenvalue weighted by molar-refractivity contribution is 5.92. The lowest BCUT2D eigenvalue weighted by atomic mass is 9.78. The number of nitrogens with zero attached hydrogens (tertiary/aromatic N) is 1. The predicted molar refractivity (Wildman–Crippen MR) is 115 cm³/mol. The standard InChI is InChI=1S/C25H25NO3/c1-15-10-11-19-13-16(2)21-17(3)22(25(28)29-4)24(27)26(23(21)20(19)12-15)14-18-8-6-5-7-9-18/h5-12,16H,13-14H2,1-4H3. The number of fused-ring (bicyclic) bond motifs is 3. The van der Waals surface area contributed by atoms with Gasteiger partial charge in [0.15, 0.2) is 0 Å². The highest BCUT2D eigenvalue weighted by Gasteiger charge is 2.31. The van der Waals surface area contributed by atoms with Crippen molar-refractivity contribution in [2.24, 2.45) is 0 Å². The quantitative estimate of drug-likeness (QED) is 0.616. The molecule has 1 heterocycles. The number of carbonyl (C=O) groups is 1. The minimum atomic E-state index is -0.570. The van der Waals surface area contributed by atoms with Crippen LogP contribution < -0.4 is 5.56 Å². The molecule has 0 bridgehead atoms. The number of ether oxygens (including phenoxy) is 1. The molecule has 0 aliphatic heterocycles. The second kappa shape index (κ2) is 7.36. The van der Waals surface area contributed by atoms with E-state index < -0.39 is 5.97 Å². The van der Waals surface area contributed by atoms with E-state index in [9.17, 15) is 9.59 Å². The molecule has 1 aliphatic carbocycles. The fourth-order valence-electron chi connectivity index (χ4n) is 4.53. The van der Waals surface area contributed by atoms with Crippen LogP contribution in [0.15, 0.2) is 53.3 Å². The van der Waals surface area contributed by atoms with Crippen LogP contribution in [0.3, 0.4) is 0 Å². The average Bonchev–Trinajstić information content (AvgIpc) is 2.71. The summed E-state index contributed by atoms with van der Waals surface area (Å²) in [6.45, 7) is 6.50. The van der Waals surface area contributed by atoms with Gasteiger partial charge < -0.3 is 9.30 Å². The number of carbonyl (C=O) groups excluding carboxylic acids is 1. The molecule has 0 radical (unpaired) electrons. The number of aryl methyl sites for hydroxylation is 1. The maximum absolute atomic E-state index is 13.5. The fourth-order valence-corrected chi connectivity index (χ4v) is 4.53. The lowest BCUT2D eigenvalue weighted by Crippen LogP contribution is -2.33. The van der Waals surface area contributed by atoms with E-state index in [2.05, 4.69) is 32.0 Å². The molecule has 0 amide bonds. The summed E-state index contributed by atoms with van der Waals surface area (Å²) in [7, 11) is 1.32. The Kier molecular flexibility index (Phi) is 4.87. The van der Waals surface area contributed by atoms with E-state index in [1.165, 1.54) is 12.7 Å². The molecule has 0 N–H and O–H groups in total. The number of pyridine rings is 1. The van der Waals surface area contributed by atoms with Crippen molar-refractivity contribution in [1.82, 2.24) is 4.57 Å². The van der Waals surface area contributed by atoms with Gasteiger partial charge in [-0.15, -0.1) is 0 Å². The zero-order valence-corrected chi connectivity index (χ0v) is 17.3. The Morgan fingerprint density at radius 1 is 1.14 bits per heavy atom. The second-order valence-corrected chi connectivity index (χ2v) is 7.90. The van der Waals surface area contributed by atoms with Crippen molar-refractivity contribution >= 4 is 5.97 Å². The van der Waals surface area contributed by atoms with Gasteiger partial charge in [-0.25, -0.2) is 4.79 Å². The van der Waals surface area contributed by atoms with E-state index in [1.807, 2.05) is 37.3 Å². The Balaban J connectivity index is 2.09. The van der Waals surface area contributed by atoms with E-state index in [0.717, 1.165) is 39.9 Å². The van der Waals surface area contributed by atoms with Crippen LogP contribution in [0.2, 0.25) is 0 Å². The van der Waals surface area contributed by atoms with Crippen LogP contribution in [-0.2, 0) is 17.7 Å². The third-order valence-electron chi connectivity index (χ3n) is 5.88. The fraction of sp³-hybridized carbons (Fsp3) is 0.280. The molecule has 0 saturated heterocycles. The van der Waals surface area contributed by atoms with Crippen molar-refractivity contribution in [3.8, 4) is 11.3 Å². The average molecular weight is 387 g/mol. The van der Waals surface area contributed by atoms with E-state index >= 15 is 0 Å². The maximum Gasteiger partial charge on any atom is 0.343 e. The number of hydrogen-bond acceptors (Lipinski definition) is 3. The van der Waals surface area contributed by atoms with Gasteiger partial charge in [0, 0.05) is 5.56 Å². The summed E-state index contributed by atoms with van der Waals surface area (Å²) in [5.74, 6) is -0.370. The molecule has 4 heteroatoms. The van der Waals surface area contributed by atoms with Crippen molar-refractivity contribution in [1.29, 1.82) is 0 Å². The summed E-state index contributed by atoms with van der Waals surface area (Å²) in [6, 6.07) is 16.3. The van der Waals surface area contributed by atoms with Crippen LogP contribution in [0.4, 0.5) is 0 Å². The van der Waals surface area contributed by atoms with Crippen molar-refractivity contribution in [2.75, 3.05) is 7.11 Å². The molecular weight excluding hydrogens is 362 g/mol. The van der Waals surface area contributed by atoms with Crippen LogP contribution in [0.5, 0.6) is 0 Å². The van der Waals surface area contributed by atoms with E-state index in [0.29, 0.717) is 6.54 Å². The van der Waals surface area contributed by atoms with Gasteiger partial charge in [-0.2, -0.15) is 0 Å². The van der Waals surface area contributed by atoms with Gasteiger partial charge in [0.1, 0.15) is 5.56 Å². The van der Waals surface area contributed by atoms with Crippen LogP contribution in [0, 0.1) is 13.8 Å². The third-order valence-corrected chi connectivity index (χ3v) is 5.88. The lowest BCUT2D eigenvalue weighted by Gasteiger charge is -2.31. The van der Waals surface area contributed by atoms with Gasteiger partial charge >= 0.3 is 5.97 Å². The summed E-state index contributed by atoms with van der Waals surface area (Å²) >= 11 is 0. The maximum atomic E-state index is 13.5. The van der Waals surface area contributed by atoms with Gasteiger partial charge in [-0.05, 0) is 54.5 Å². The number of methoxy groups -OCH3 is 1. The zero-order valence-electron chi connectivity index (χ0n) is 17.3. The predicted octanol–water partition coefficient (Wildman–Crippen LogP) is 4.63. The zero-order chi connectivity index (χ0) is 20.7. The Morgan fingerprint density at radius 3 is 2.55 bits per heavy atom. The molecule has 0 spiro atoms. The normalized spacial score (nSPS) is 14.8. The molecular formula is C25H25NO3. The smallest absolute Gasteiger partial charge is 0.343 e. The van der Waals surface area contributed by atoms with E-state index in [1.54, 1.807) is 4.57 Å². The number of hydrogen-bond donors (Lipinski definition) is 0. The van der Waals surface area contributed by atoms with E-state index in [-0.39, 0.29) is 17.0 Å². The number of aromatic nitrogens is 1. The molecule has 148 valence electrons. The first kappa shape index (κ1) is 19.2. The molecule has 4 nitrogen and oxygen atoms in total. The van der Waals surface area contributed by atoms with Crippen molar-refractivity contribution in [2.45, 2.75) is 39.7 Å². The van der Waals surface area contributed by atoms with Gasteiger partial charge in [-0.3, -0.25) is 4.79 Å². The molecule has 1 atom stereocenters. The third kappa shape index (κ3) is 3.19. The van der Waals surface area contributed by atoms with Crippen LogP contribution in [0.25, 0.3) is 11.3 Å². The Bertz CT molecular complexity index is 1160. The van der Waals surface area contributed by atoms with Crippen LogP contribution in [-0.4, -0.2) is 17.6 Å². The van der Waals surface area contributed by atoms with Gasteiger partial charge in [0.05, 0.1) is 19.3 Å². The first-order valence-corrected chi connectivity index (χ1v) is 9.91. The number of benzene rings is 2. The Hall–Kier alpha value is -3.14. The van der Waals surface area contributed by atoms with Crippen LogP contribution >= 0.6 is 0 Å². The Morgan fingerprint density at radius 2 is 1.86 bits per heavy atom. The molecule has 0 saturated carbocycles. The van der Waals surface area contributed by atoms with Crippen molar-refractivity contribution in [3.63, 3.8) is 0 Å². The van der Waals surface area contributed by atoms with Gasteiger partial charge in [0.25, 0.3) is 5.56 Å². The highest BCUT2D eigenvalue weighted by Crippen LogP contribution is 2.41. The van der Waals surface area contributed by atoms with Gasteiger partial charge in [0.2, 0.25) is 0 Å². The molecule has 1 aromatic heterocycles. The van der Waals surface area contributed by atoms with E-state index in [4.69, 9.17) is 4.74 Å². The molecule has 1 aliphatic rings. The molecule has 0 fully saturated rings. The highest BCUT2D eigenvalue weighted by atomic mass is 16.5. The molecule has 1 unspecified atom stereocenters. The SMILES string of the molecule is COC(=O)c1c(C)c2c(n(Cc3ccccc3)c1=O)-c1cc(C)ccc1CC2C. The summed E-state index contributed by atoms with van der Waals surface area (Å²) in [4.78, 5) is 26.0. The first-order valence-electron chi connectivity index (χ1n) is 9.91. The first-order chi connectivity index (χ1) is 13.9. The lowest BCUT2D eigenvalue weighted by molar-refractivity contribution is 0.0597. The topological polar surface area (TPSA) is 48.3 Å². The largest absolute Gasteiger partial charge is 0.465 e. The number of rotatable bonds is 3. The summed E-state index contributed by atoms with van der Waals surface area (Å²) in [6.07, 6.45) is 0.883. The van der Waals surface area contributed by atoms with Crippen molar-refractivity contribution in [3.05, 3.63) is 92.3 Å². The minimum absolute atomic E-state index is 0.144. The van der Waals surface area contributed by atoms with Gasteiger partial charge in [-0.1, -0.05) is 55.0 Å². The number of esters is 1. The monoisotopic (exact) mass is 387 g/mol.